The average molecular weight is 451 g/mol. The Bertz CT molecular complexity index is 955. The molecular formula is C20H26N4O4S2. The maximum Gasteiger partial charge on any atom is 0.244 e. The van der Waals surface area contributed by atoms with Crippen LogP contribution in [0, 0.1) is 0 Å². The van der Waals surface area contributed by atoms with Gasteiger partial charge in [-0.15, -0.1) is 0 Å². The lowest BCUT2D eigenvalue weighted by Crippen LogP contribution is -2.49. The number of piperazine rings is 1. The van der Waals surface area contributed by atoms with Crippen LogP contribution >= 0.6 is 11.8 Å². The second kappa shape index (κ2) is 9.67. The quantitative estimate of drug-likeness (QED) is 0.595. The number of anilines is 1. The van der Waals surface area contributed by atoms with Crippen molar-refractivity contribution in [2.24, 2.45) is 0 Å². The minimum Gasteiger partial charge on any atom is -0.497 e. The van der Waals surface area contributed by atoms with E-state index in [9.17, 15) is 13.2 Å². The average Bonchev–Trinajstić information content (AvgIpc) is 2.78. The third-order valence-corrected chi connectivity index (χ3v) is 7.63. The molecule has 0 spiro atoms. The van der Waals surface area contributed by atoms with Crippen LogP contribution in [0.2, 0.25) is 0 Å². The topological polar surface area (TPSA) is 83.0 Å². The number of carbonyl (C=O) groups excluding carboxylic acids is 1. The minimum atomic E-state index is -3.50. The molecule has 30 heavy (non-hydrogen) atoms. The van der Waals surface area contributed by atoms with Gasteiger partial charge in [0.25, 0.3) is 0 Å². The van der Waals surface area contributed by atoms with Crippen molar-refractivity contribution in [3.05, 3.63) is 42.6 Å². The van der Waals surface area contributed by atoms with Crippen molar-refractivity contribution < 1.29 is 17.9 Å². The summed E-state index contributed by atoms with van der Waals surface area (Å²) in [4.78, 5) is 21.0. The molecule has 0 aliphatic carbocycles. The second-order valence-corrected chi connectivity index (χ2v) is 10.1. The molecule has 1 aliphatic heterocycles. The van der Waals surface area contributed by atoms with E-state index in [4.69, 9.17) is 4.74 Å². The van der Waals surface area contributed by atoms with Gasteiger partial charge < -0.3 is 14.5 Å². The summed E-state index contributed by atoms with van der Waals surface area (Å²) in [5, 5.41) is 0.623. The van der Waals surface area contributed by atoms with E-state index in [1.807, 2.05) is 29.2 Å². The number of hydrogen-bond acceptors (Lipinski definition) is 7. The standard InChI is InChI=1S/C20H26N4O4S2/c1-22(2)30(26,27)18-8-9-19(21-14-18)29-15-20(25)24-12-10-23(11-13-24)16-4-6-17(28-3)7-5-16/h4-9,14H,10-13,15H2,1-3H3. The number of rotatable bonds is 7. The highest BCUT2D eigenvalue weighted by Crippen LogP contribution is 2.22. The molecule has 2 heterocycles. The molecule has 0 saturated carbocycles. The molecule has 1 amide bonds. The number of thioether (sulfide) groups is 1. The van der Waals surface area contributed by atoms with Crippen molar-refractivity contribution in [1.82, 2.24) is 14.2 Å². The lowest BCUT2D eigenvalue weighted by Gasteiger charge is -2.36. The summed E-state index contributed by atoms with van der Waals surface area (Å²) in [6.07, 6.45) is 1.33. The number of methoxy groups -OCH3 is 1. The van der Waals surface area contributed by atoms with Crippen LogP contribution in [0.1, 0.15) is 0 Å². The Hall–Kier alpha value is -2.30. The Morgan fingerprint density at radius 2 is 1.77 bits per heavy atom. The number of benzene rings is 1. The summed E-state index contributed by atoms with van der Waals surface area (Å²) < 4.78 is 30.5. The summed E-state index contributed by atoms with van der Waals surface area (Å²) in [5.74, 6) is 1.15. The van der Waals surface area contributed by atoms with Crippen LogP contribution in [0.4, 0.5) is 5.69 Å². The lowest BCUT2D eigenvalue weighted by atomic mass is 10.2. The summed E-state index contributed by atoms with van der Waals surface area (Å²) in [6.45, 7) is 2.88. The van der Waals surface area contributed by atoms with Crippen LogP contribution in [0.3, 0.4) is 0 Å². The molecule has 1 fully saturated rings. The highest BCUT2D eigenvalue weighted by Gasteiger charge is 2.22. The fraction of sp³-hybridized carbons (Fsp3) is 0.400. The molecule has 1 aliphatic rings. The van der Waals surface area contributed by atoms with Crippen LogP contribution < -0.4 is 9.64 Å². The maximum atomic E-state index is 12.6. The van der Waals surface area contributed by atoms with Gasteiger partial charge in [-0.05, 0) is 36.4 Å². The molecule has 162 valence electrons. The number of aromatic nitrogens is 1. The van der Waals surface area contributed by atoms with Crippen LogP contribution in [-0.2, 0) is 14.8 Å². The third-order valence-electron chi connectivity index (χ3n) is 4.90. The molecule has 0 radical (unpaired) electrons. The Morgan fingerprint density at radius 1 is 1.10 bits per heavy atom. The van der Waals surface area contributed by atoms with Crippen molar-refractivity contribution in [3.63, 3.8) is 0 Å². The van der Waals surface area contributed by atoms with Crippen LogP contribution in [-0.4, -0.2) is 81.7 Å². The molecule has 0 unspecified atom stereocenters. The molecular weight excluding hydrogens is 424 g/mol. The number of sulfonamides is 1. The largest absolute Gasteiger partial charge is 0.497 e. The first kappa shape index (κ1) is 22.4. The first-order chi connectivity index (χ1) is 14.3. The molecule has 3 rings (SSSR count). The molecule has 0 atom stereocenters. The van der Waals surface area contributed by atoms with E-state index in [1.165, 1.54) is 38.1 Å². The Morgan fingerprint density at radius 3 is 2.30 bits per heavy atom. The van der Waals surface area contributed by atoms with Gasteiger partial charge in [-0.1, -0.05) is 11.8 Å². The van der Waals surface area contributed by atoms with Crippen LogP contribution in [0.25, 0.3) is 0 Å². The number of hydrogen-bond donors (Lipinski definition) is 0. The van der Waals surface area contributed by atoms with E-state index >= 15 is 0 Å². The zero-order valence-electron chi connectivity index (χ0n) is 17.3. The zero-order chi connectivity index (χ0) is 21.7. The third kappa shape index (κ3) is 5.24. The van der Waals surface area contributed by atoms with Gasteiger partial charge in [-0.3, -0.25) is 4.79 Å². The highest BCUT2D eigenvalue weighted by molar-refractivity contribution is 7.99. The van der Waals surface area contributed by atoms with Crippen LogP contribution in [0.5, 0.6) is 5.75 Å². The van der Waals surface area contributed by atoms with E-state index in [2.05, 4.69) is 9.88 Å². The molecule has 2 aromatic rings. The number of amides is 1. The first-order valence-electron chi connectivity index (χ1n) is 9.49. The van der Waals surface area contributed by atoms with Gasteiger partial charge in [0.15, 0.2) is 0 Å². The molecule has 8 nitrogen and oxygen atoms in total. The van der Waals surface area contributed by atoms with Crippen molar-refractivity contribution in [2.75, 3.05) is 58.0 Å². The predicted octanol–water partition coefficient (Wildman–Crippen LogP) is 1.78. The fourth-order valence-electron chi connectivity index (χ4n) is 3.05. The molecule has 1 aromatic heterocycles. The molecule has 1 saturated heterocycles. The fourth-order valence-corrected chi connectivity index (χ4v) is 4.64. The highest BCUT2D eigenvalue weighted by atomic mass is 32.2. The summed E-state index contributed by atoms with van der Waals surface area (Å²) in [5.41, 5.74) is 1.12. The summed E-state index contributed by atoms with van der Waals surface area (Å²) in [7, 11) is 1.10. The first-order valence-corrected chi connectivity index (χ1v) is 11.9. The van der Waals surface area contributed by atoms with Crippen molar-refractivity contribution in [3.8, 4) is 5.75 Å². The SMILES string of the molecule is COc1ccc(N2CCN(C(=O)CSc3ccc(S(=O)(=O)N(C)C)cn3)CC2)cc1. The van der Waals surface area contributed by atoms with Crippen molar-refractivity contribution in [2.45, 2.75) is 9.92 Å². The van der Waals surface area contributed by atoms with Gasteiger partial charge in [-0.2, -0.15) is 0 Å². The van der Waals surface area contributed by atoms with Gasteiger partial charge in [-0.25, -0.2) is 17.7 Å². The maximum absolute atomic E-state index is 12.6. The predicted molar refractivity (Wildman–Crippen MR) is 118 cm³/mol. The van der Waals surface area contributed by atoms with Crippen molar-refractivity contribution >= 4 is 33.4 Å². The van der Waals surface area contributed by atoms with E-state index in [-0.39, 0.29) is 16.6 Å². The number of nitrogens with zero attached hydrogens (tertiary/aromatic N) is 4. The number of ether oxygens (including phenoxy) is 1. The van der Waals surface area contributed by atoms with E-state index < -0.39 is 10.0 Å². The molecule has 0 bridgehead atoms. The Labute approximate surface area is 181 Å². The molecule has 0 N–H and O–H groups in total. The van der Waals surface area contributed by atoms with Gasteiger partial charge in [0, 0.05) is 52.2 Å². The Kier molecular flexibility index (Phi) is 7.22. The monoisotopic (exact) mass is 450 g/mol. The van der Waals surface area contributed by atoms with Gasteiger partial charge in [0.1, 0.15) is 10.6 Å². The number of carbonyl (C=O) groups is 1. The smallest absolute Gasteiger partial charge is 0.244 e. The van der Waals surface area contributed by atoms with E-state index in [0.717, 1.165) is 28.8 Å². The minimum absolute atomic E-state index is 0.0566. The normalized spacial score (nSPS) is 14.8. The zero-order valence-corrected chi connectivity index (χ0v) is 18.9. The van der Waals surface area contributed by atoms with Gasteiger partial charge in [0.2, 0.25) is 15.9 Å². The van der Waals surface area contributed by atoms with Gasteiger partial charge >= 0.3 is 0 Å². The Balaban J connectivity index is 1.49. The van der Waals surface area contributed by atoms with E-state index in [0.29, 0.717) is 18.1 Å². The lowest BCUT2D eigenvalue weighted by molar-refractivity contribution is -0.128. The van der Waals surface area contributed by atoms with Crippen molar-refractivity contribution in [1.29, 1.82) is 0 Å². The van der Waals surface area contributed by atoms with E-state index in [1.54, 1.807) is 13.2 Å². The molecule has 10 heteroatoms. The number of pyridine rings is 1. The summed E-state index contributed by atoms with van der Waals surface area (Å²) >= 11 is 1.31. The summed E-state index contributed by atoms with van der Waals surface area (Å²) in [6, 6.07) is 11.1. The molecule has 1 aromatic carbocycles. The second-order valence-electron chi connectivity index (χ2n) is 6.97. The van der Waals surface area contributed by atoms with Crippen LogP contribution in [0.15, 0.2) is 52.5 Å². The van der Waals surface area contributed by atoms with Gasteiger partial charge in [0.05, 0.1) is 17.9 Å².